The van der Waals surface area contributed by atoms with E-state index in [1.807, 2.05) is 0 Å². The second kappa shape index (κ2) is 4.44. The highest BCUT2D eigenvalue weighted by molar-refractivity contribution is 7.93. The molecule has 1 rings (SSSR count). The van der Waals surface area contributed by atoms with Gasteiger partial charge in [0.2, 0.25) is 0 Å². The largest absolute Gasteiger partial charge is 0.270 e. The van der Waals surface area contributed by atoms with E-state index in [0.29, 0.717) is 11.1 Å². The van der Waals surface area contributed by atoms with E-state index in [4.69, 9.17) is 0 Å². The molecule has 0 aromatic heterocycles. The highest BCUT2D eigenvalue weighted by Crippen LogP contribution is 2.20. The van der Waals surface area contributed by atoms with Crippen molar-refractivity contribution < 1.29 is 13.3 Å². The summed E-state index contributed by atoms with van der Waals surface area (Å²) in [6, 6.07) is 5.85. The van der Waals surface area contributed by atoms with Crippen LogP contribution in [0.2, 0.25) is 0 Å². The minimum Gasteiger partial charge on any atom is -0.258 e. The summed E-state index contributed by atoms with van der Waals surface area (Å²) < 4.78 is 22.0. The van der Waals surface area contributed by atoms with Crippen LogP contribution in [-0.4, -0.2) is 19.6 Å². The minimum absolute atomic E-state index is 0.0567. The summed E-state index contributed by atoms with van der Waals surface area (Å²) in [5.41, 5.74) is 0.949. The highest BCUT2D eigenvalue weighted by atomic mass is 32.2. The molecule has 0 bridgehead atoms. The van der Waals surface area contributed by atoms with Crippen LogP contribution in [-0.2, 0) is 9.84 Å². The van der Waals surface area contributed by atoms with Gasteiger partial charge in [0, 0.05) is 23.8 Å². The Morgan fingerprint density at radius 2 is 2.06 bits per heavy atom. The lowest BCUT2D eigenvalue weighted by atomic mass is 10.1. The first-order valence-electron chi connectivity index (χ1n) is 4.43. The Morgan fingerprint density at radius 1 is 1.44 bits per heavy atom. The number of nitrogens with zero attached hydrogens (tertiary/aromatic N) is 1. The van der Waals surface area contributed by atoms with Crippen LogP contribution in [0.1, 0.15) is 12.5 Å². The van der Waals surface area contributed by atoms with E-state index < -0.39 is 14.8 Å². The topological polar surface area (TPSA) is 77.3 Å². The van der Waals surface area contributed by atoms with Crippen molar-refractivity contribution in [2.24, 2.45) is 0 Å². The Balaban J connectivity index is 3.20. The molecule has 86 valence electrons. The van der Waals surface area contributed by atoms with Crippen molar-refractivity contribution in [1.82, 2.24) is 0 Å². The maximum absolute atomic E-state index is 11.0. The van der Waals surface area contributed by atoms with Crippen LogP contribution < -0.4 is 0 Å². The summed E-state index contributed by atoms with van der Waals surface area (Å²) in [5, 5.41) is 11.6. The lowest BCUT2D eigenvalue weighted by molar-refractivity contribution is -0.384. The van der Waals surface area contributed by atoms with Gasteiger partial charge in [-0.15, -0.1) is 0 Å². The van der Waals surface area contributed by atoms with E-state index in [0.717, 1.165) is 11.7 Å². The number of hydrogen-bond acceptors (Lipinski definition) is 4. The quantitative estimate of drug-likeness (QED) is 0.599. The van der Waals surface area contributed by atoms with E-state index in [-0.39, 0.29) is 5.69 Å². The Morgan fingerprint density at radius 3 is 2.56 bits per heavy atom. The first kappa shape index (κ1) is 12.4. The third-order valence-corrected chi connectivity index (χ3v) is 2.68. The molecule has 16 heavy (non-hydrogen) atoms. The summed E-state index contributed by atoms with van der Waals surface area (Å²) in [7, 11) is -3.24. The van der Waals surface area contributed by atoms with Crippen LogP contribution in [0.15, 0.2) is 29.7 Å². The molecule has 0 aliphatic rings. The van der Waals surface area contributed by atoms with Gasteiger partial charge in [-0.3, -0.25) is 10.1 Å². The molecule has 0 saturated heterocycles. The molecule has 0 radical (unpaired) electrons. The monoisotopic (exact) mass is 241 g/mol. The van der Waals surface area contributed by atoms with Crippen molar-refractivity contribution in [2.45, 2.75) is 6.92 Å². The van der Waals surface area contributed by atoms with Crippen LogP contribution in [0.4, 0.5) is 5.69 Å². The van der Waals surface area contributed by atoms with Gasteiger partial charge >= 0.3 is 0 Å². The fourth-order valence-electron chi connectivity index (χ4n) is 1.25. The van der Waals surface area contributed by atoms with Gasteiger partial charge in [0.1, 0.15) is 0 Å². The minimum atomic E-state index is -3.24. The fraction of sp³-hybridized carbons (Fsp3) is 0.200. The molecular weight excluding hydrogens is 230 g/mol. The third-order valence-electron chi connectivity index (χ3n) is 1.90. The molecule has 0 unspecified atom stereocenters. The van der Waals surface area contributed by atoms with E-state index in [2.05, 4.69) is 0 Å². The number of rotatable bonds is 3. The SMILES string of the molecule is C/C(=C/S(C)(=O)=O)c1cccc([N+](=O)[O-])c1. The molecular formula is C10H11NO4S. The fourth-order valence-corrected chi connectivity index (χ4v) is 2.03. The smallest absolute Gasteiger partial charge is 0.258 e. The average Bonchev–Trinajstić information content (AvgIpc) is 2.15. The molecule has 0 aliphatic heterocycles. The van der Waals surface area contributed by atoms with E-state index in [1.54, 1.807) is 13.0 Å². The number of nitro groups is 1. The van der Waals surface area contributed by atoms with Crippen LogP contribution in [0, 0.1) is 10.1 Å². The van der Waals surface area contributed by atoms with Crippen molar-refractivity contribution in [2.75, 3.05) is 6.26 Å². The Kier molecular flexibility index (Phi) is 3.44. The second-order valence-corrected chi connectivity index (χ2v) is 5.33. The highest BCUT2D eigenvalue weighted by Gasteiger charge is 2.07. The van der Waals surface area contributed by atoms with Crippen molar-refractivity contribution in [3.63, 3.8) is 0 Å². The normalized spacial score (nSPS) is 12.5. The zero-order valence-corrected chi connectivity index (χ0v) is 9.69. The van der Waals surface area contributed by atoms with Gasteiger partial charge in [0.25, 0.3) is 5.69 Å². The molecule has 0 N–H and O–H groups in total. The zero-order chi connectivity index (χ0) is 12.3. The standard InChI is InChI=1S/C10H11NO4S/c1-8(7-16(2,14)15)9-4-3-5-10(6-9)11(12)13/h3-7H,1-2H3/b8-7-. The van der Waals surface area contributed by atoms with Crippen molar-refractivity contribution in [3.8, 4) is 0 Å². The van der Waals surface area contributed by atoms with Gasteiger partial charge in [0.05, 0.1) is 4.92 Å². The van der Waals surface area contributed by atoms with Gasteiger partial charge in [0.15, 0.2) is 9.84 Å². The van der Waals surface area contributed by atoms with Gasteiger partial charge in [-0.2, -0.15) is 0 Å². The first-order valence-corrected chi connectivity index (χ1v) is 6.38. The molecule has 0 heterocycles. The third kappa shape index (κ3) is 3.47. The number of allylic oxidation sites excluding steroid dienone is 1. The molecule has 5 nitrogen and oxygen atoms in total. The maximum Gasteiger partial charge on any atom is 0.270 e. The number of nitro benzene ring substituents is 1. The molecule has 0 fully saturated rings. The molecule has 6 heteroatoms. The van der Waals surface area contributed by atoms with Gasteiger partial charge < -0.3 is 0 Å². The molecule has 0 aliphatic carbocycles. The van der Waals surface area contributed by atoms with Gasteiger partial charge in [-0.05, 0) is 18.1 Å². The zero-order valence-electron chi connectivity index (χ0n) is 8.88. The number of benzene rings is 1. The van der Waals surface area contributed by atoms with Crippen LogP contribution in [0.25, 0.3) is 5.57 Å². The number of hydrogen-bond donors (Lipinski definition) is 0. The van der Waals surface area contributed by atoms with Crippen LogP contribution in [0.3, 0.4) is 0 Å². The molecule has 1 aromatic rings. The molecule has 0 saturated carbocycles. The Hall–Kier alpha value is -1.69. The number of sulfone groups is 1. The Bertz CT molecular complexity index is 546. The summed E-state index contributed by atoms with van der Waals surface area (Å²) in [6.45, 7) is 1.60. The molecule has 0 amide bonds. The predicted octanol–water partition coefficient (Wildman–Crippen LogP) is 2.00. The second-order valence-electron chi connectivity index (χ2n) is 3.44. The number of non-ortho nitro benzene ring substituents is 1. The van der Waals surface area contributed by atoms with E-state index in [1.165, 1.54) is 18.2 Å². The summed E-state index contributed by atoms with van der Waals surface area (Å²) in [4.78, 5) is 10.0. The van der Waals surface area contributed by atoms with Crippen molar-refractivity contribution in [3.05, 3.63) is 45.4 Å². The lowest BCUT2D eigenvalue weighted by Crippen LogP contribution is -1.93. The first-order chi connectivity index (χ1) is 7.29. The average molecular weight is 241 g/mol. The molecule has 1 aromatic carbocycles. The van der Waals surface area contributed by atoms with E-state index >= 15 is 0 Å². The Labute approximate surface area is 93.5 Å². The van der Waals surface area contributed by atoms with Crippen molar-refractivity contribution >= 4 is 21.1 Å². The molecule has 0 spiro atoms. The summed E-state index contributed by atoms with van der Waals surface area (Å²) >= 11 is 0. The molecule has 0 atom stereocenters. The van der Waals surface area contributed by atoms with E-state index in [9.17, 15) is 18.5 Å². The summed E-state index contributed by atoms with van der Waals surface area (Å²) in [6.07, 6.45) is 1.08. The van der Waals surface area contributed by atoms with Gasteiger partial charge in [-0.25, -0.2) is 8.42 Å². The summed E-state index contributed by atoms with van der Waals surface area (Å²) in [5.74, 6) is 0. The van der Waals surface area contributed by atoms with Gasteiger partial charge in [-0.1, -0.05) is 12.1 Å². The van der Waals surface area contributed by atoms with Crippen molar-refractivity contribution in [1.29, 1.82) is 0 Å². The maximum atomic E-state index is 11.0. The predicted molar refractivity (Wildman–Crippen MR) is 61.6 cm³/mol. The van der Waals surface area contributed by atoms with Crippen LogP contribution in [0.5, 0.6) is 0 Å². The lowest BCUT2D eigenvalue weighted by Gasteiger charge is -2.00. The van der Waals surface area contributed by atoms with Crippen LogP contribution >= 0.6 is 0 Å².